The number of rotatable bonds is 4. The Balaban J connectivity index is 1.72. The number of carbonyl (C=O) groups is 1. The molecule has 0 heterocycles. The van der Waals surface area contributed by atoms with Crippen molar-refractivity contribution in [3.05, 3.63) is 0 Å². The molecular formula is C15H26N2O. The molecule has 0 spiro atoms. The van der Waals surface area contributed by atoms with E-state index in [4.69, 9.17) is 5.73 Å². The van der Waals surface area contributed by atoms with Crippen LogP contribution in [0.2, 0.25) is 0 Å². The van der Waals surface area contributed by atoms with Crippen molar-refractivity contribution in [1.82, 2.24) is 4.90 Å². The van der Waals surface area contributed by atoms with Crippen LogP contribution in [0.3, 0.4) is 0 Å². The van der Waals surface area contributed by atoms with E-state index in [1.54, 1.807) is 0 Å². The lowest BCUT2D eigenvalue weighted by molar-refractivity contribution is -0.147. The second kappa shape index (κ2) is 4.52. The lowest BCUT2D eigenvalue weighted by Gasteiger charge is -2.59. The second-order valence-corrected chi connectivity index (χ2v) is 6.99. The third-order valence-corrected chi connectivity index (χ3v) is 5.69. The molecule has 0 aromatic carbocycles. The molecule has 18 heavy (non-hydrogen) atoms. The Morgan fingerprint density at radius 1 is 1.17 bits per heavy atom. The second-order valence-electron chi connectivity index (χ2n) is 6.99. The van der Waals surface area contributed by atoms with Crippen molar-refractivity contribution in [2.75, 3.05) is 13.6 Å². The Morgan fingerprint density at radius 2 is 1.67 bits per heavy atom. The van der Waals surface area contributed by atoms with Crippen molar-refractivity contribution in [3.8, 4) is 0 Å². The Morgan fingerprint density at radius 3 is 2.11 bits per heavy atom. The van der Waals surface area contributed by atoms with Crippen LogP contribution in [0.1, 0.15) is 51.4 Å². The maximum atomic E-state index is 12.3. The van der Waals surface area contributed by atoms with Gasteiger partial charge in [0.1, 0.15) is 0 Å². The van der Waals surface area contributed by atoms with Gasteiger partial charge in [-0.15, -0.1) is 0 Å². The van der Waals surface area contributed by atoms with Crippen molar-refractivity contribution in [1.29, 1.82) is 0 Å². The lowest BCUT2D eigenvalue weighted by Crippen LogP contribution is -2.60. The maximum Gasteiger partial charge on any atom is 0.222 e. The summed E-state index contributed by atoms with van der Waals surface area (Å²) in [6, 6.07) is 0. The van der Waals surface area contributed by atoms with Gasteiger partial charge in [-0.3, -0.25) is 4.79 Å². The van der Waals surface area contributed by atoms with E-state index in [9.17, 15) is 4.79 Å². The van der Waals surface area contributed by atoms with Gasteiger partial charge in [-0.05, 0) is 69.2 Å². The molecule has 0 unspecified atom stereocenters. The number of carbonyl (C=O) groups excluding carboxylic acids is 1. The zero-order chi connectivity index (χ0) is 12.8. The molecule has 0 aromatic rings. The van der Waals surface area contributed by atoms with E-state index in [-0.39, 0.29) is 5.54 Å². The van der Waals surface area contributed by atoms with Crippen LogP contribution < -0.4 is 5.73 Å². The summed E-state index contributed by atoms with van der Waals surface area (Å²) in [7, 11) is 2.05. The van der Waals surface area contributed by atoms with Crippen LogP contribution >= 0.6 is 0 Å². The first kappa shape index (κ1) is 12.5. The summed E-state index contributed by atoms with van der Waals surface area (Å²) >= 11 is 0. The summed E-state index contributed by atoms with van der Waals surface area (Å²) in [5.74, 6) is 3.03. The van der Waals surface area contributed by atoms with Crippen molar-refractivity contribution < 1.29 is 4.79 Å². The smallest absolute Gasteiger partial charge is 0.222 e. The molecule has 4 aliphatic rings. The molecule has 0 atom stereocenters. The van der Waals surface area contributed by atoms with Gasteiger partial charge in [-0.1, -0.05) is 0 Å². The lowest BCUT2D eigenvalue weighted by atomic mass is 9.52. The van der Waals surface area contributed by atoms with Crippen LogP contribution in [0.15, 0.2) is 0 Å². The van der Waals surface area contributed by atoms with Gasteiger partial charge in [-0.2, -0.15) is 0 Å². The number of nitrogens with two attached hydrogens (primary N) is 1. The highest BCUT2D eigenvalue weighted by molar-refractivity contribution is 5.76. The summed E-state index contributed by atoms with van der Waals surface area (Å²) in [4.78, 5) is 14.4. The molecule has 102 valence electrons. The third kappa shape index (κ3) is 1.97. The molecule has 0 aliphatic heterocycles. The largest absolute Gasteiger partial charge is 0.340 e. The third-order valence-electron chi connectivity index (χ3n) is 5.69. The minimum Gasteiger partial charge on any atom is -0.340 e. The highest BCUT2D eigenvalue weighted by Gasteiger charge is 2.53. The molecule has 0 saturated heterocycles. The van der Waals surface area contributed by atoms with Crippen LogP contribution in [-0.2, 0) is 4.79 Å². The Bertz CT molecular complexity index is 304. The van der Waals surface area contributed by atoms with E-state index in [1.165, 1.54) is 38.5 Å². The molecule has 1 amide bonds. The molecule has 0 radical (unpaired) electrons. The molecular weight excluding hydrogens is 224 g/mol. The van der Waals surface area contributed by atoms with Crippen molar-refractivity contribution in [3.63, 3.8) is 0 Å². The Kier molecular flexibility index (Phi) is 3.13. The SMILES string of the molecule is CN(C(=O)CCCN)C12CC3CC(CC(C3)C1)C2. The minimum absolute atomic E-state index is 0.223. The molecule has 2 N–H and O–H groups in total. The topological polar surface area (TPSA) is 46.3 Å². The Hall–Kier alpha value is -0.570. The molecule has 4 rings (SSSR count). The van der Waals surface area contributed by atoms with Crippen molar-refractivity contribution in [2.24, 2.45) is 23.5 Å². The maximum absolute atomic E-state index is 12.3. The fourth-order valence-electron chi connectivity index (χ4n) is 5.16. The molecule has 4 saturated carbocycles. The van der Waals surface area contributed by atoms with E-state index >= 15 is 0 Å². The fraction of sp³-hybridized carbons (Fsp3) is 0.933. The molecule has 4 bridgehead atoms. The zero-order valence-electron chi connectivity index (χ0n) is 11.5. The van der Waals surface area contributed by atoms with Gasteiger partial charge in [-0.25, -0.2) is 0 Å². The van der Waals surface area contributed by atoms with Crippen LogP contribution in [0.5, 0.6) is 0 Å². The summed E-state index contributed by atoms with van der Waals surface area (Å²) in [5, 5.41) is 0. The van der Waals surface area contributed by atoms with Crippen LogP contribution in [0, 0.1) is 17.8 Å². The first-order valence-electron chi connectivity index (χ1n) is 7.60. The Labute approximate surface area is 110 Å². The summed E-state index contributed by atoms with van der Waals surface area (Å²) in [5.41, 5.74) is 5.74. The number of nitrogens with zero attached hydrogens (tertiary/aromatic N) is 1. The standard InChI is InChI=1S/C15H26N2O/c1-17(14(18)3-2-4-16)15-8-11-5-12(9-15)7-13(6-11)10-15/h11-13H,2-10,16H2,1H3. The summed E-state index contributed by atoms with van der Waals surface area (Å²) < 4.78 is 0. The van der Waals surface area contributed by atoms with Crippen LogP contribution in [0.25, 0.3) is 0 Å². The van der Waals surface area contributed by atoms with E-state index in [0.29, 0.717) is 18.9 Å². The van der Waals surface area contributed by atoms with Gasteiger partial charge in [0.05, 0.1) is 0 Å². The predicted octanol–water partition coefficient (Wildman–Crippen LogP) is 2.15. The van der Waals surface area contributed by atoms with Gasteiger partial charge in [0, 0.05) is 19.0 Å². The van der Waals surface area contributed by atoms with Gasteiger partial charge in [0.25, 0.3) is 0 Å². The average Bonchev–Trinajstić information content (AvgIpc) is 2.33. The quantitative estimate of drug-likeness (QED) is 0.831. The van der Waals surface area contributed by atoms with Crippen molar-refractivity contribution in [2.45, 2.75) is 56.9 Å². The van der Waals surface area contributed by atoms with Gasteiger partial charge < -0.3 is 10.6 Å². The normalized spacial score (nSPS) is 41.1. The van der Waals surface area contributed by atoms with E-state index in [0.717, 1.165) is 24.2 Å². The summed E-state index contributed by atoms with van der Waals surface area (Å²) in [6.07, 6.45) is 9.57. The molecule has 3 nitrogen and oxygen atoms in total. The first-order valence-corrected chi connectivity index (χ1v) is 7.60. The van der Waals surface area contributed by atoms with Gasteiger partial charge in [0.2, 0.25) is 5.91 Å². The highest BCUT2D eigenvalue weighted by Crippen LogP contribution is 2.57. The monoisotopic (exact) mass is 250 g/mol. The molecule has 0 aromatic heterocycles. The fourth-order valence-corrected chi connectivity index (χ4v) is 5.16. The van der Waals surface area contributed by atoms with E-state index in [2.05, 4.69) is 4.90 Å². The average molecular weight is 250 g/mol. The van der Waals surface area contributed by atoms with E-state index < -0.39 is 0 Å². The van der Waals surface area contributed by atoms with Gasteiger partial charge >= 0.3 is 0 Å². The number of hydrogen-bond acceptors (Lipinski definition) is 2. The first-order chi connectivity index (χ1) is 8.63. The predicted molar refractivity (Wildman–Crippen MR) is 72.0 cm³/mol. The summed E-state index contributed by atoms with van der Waals surface area (Å²) in [6.45, 7) is 0.625. The molecule has 4 aliphatic carbocycles. The number of hydrogen-bond donors (Lipinski definition) is 1. The van der Waals surface area contributed by atoms with Crippen molar-refractivity contribution >= 4 is 5.91 Å². The molecule has 3 heteroatoms. The van der Waals surface area contributed by atoms with Gasteiger partial charge in [0.15, 0.2) is 0 Å². The molecule has 4 fully saturated rings. The van der Waals surface area contributed by atoms with E-state index in [1.807, 2.05) is 7.05 Å². The minimum atomic E-state index is 0.223. The van der Waals surface area contributed by atoms with Crippen LogP contribution in [0.4, 0.5) is 0 Å². The zero-order valence-corrected chi connectivity index (χ0v) is 11.5. The highest BCUT2D eigenvalue weighted by atomic mass is 16.2. The number of amides is 1. The van der Waals surface area contributed by atoms with Crippen LogP contribution in [-0.4, -0.2) is 29.9 Å².